The molecule has 4 aromatic rings. The van der Waals surface area contributed by atoms with Gasteiger partial charge in [-0.3, -0.25) is 4.98 Å². The van der Waals surface area contributed by atoms with Crippen molar-refractivity contribution in [1.29, 1.82) is 0 Å². The second-order valence-electron chi connectivity index (χ2n) is 6.45. The number of benzene rings is 2. The molecule has 29 heavy (non-hydrogen) atoms. The highest BCUT2D eigenvalue weighted by Crippen LogP contribution is 2.39. The van der Waals surface area contributed by atoms with Gasteiger partial charge in [0.1, 0.15) is 11.4 Å². The molecule has 0 saturated carbocycles. The van der Waals surface area contributed by atoms with Gasteiger partial charge in [0.25, 0.3) is 0 Å². The molecule has 0 aliphatic carbocycles. The van der Waals surface area contributed by atoms with E-state index in [-0.39, 0.29) is 0 Å². The summed E-state index contributed by atoms with van der Waals surface area (Å²) in [5.74, 6) is 2.49. The molecular formula is C23H19ClN2O3. The van der Waals surface area contributed by atoms with Gasteiger partial charge in [0.15, 0.2) is 17.2 Å². The van der Waals surface area contributed by atoms with E-state index in [1.54, 1.807) is 20.4 Å². The monoisotopic (exact) mass is 406 g/mol. The van der Waals surface area contributed by atoms with Crippen molar-refractivity contribution in [3.8, 4) is 34.3 Å². The lowest BCUT2D eigenvalue weighted by Gasteiger charge is -2.14. The van der Waals surface area contributed by atoms with Crippen LogP contribution in [0.2, 0.25) is 5.02 Å². The van der Waals surface area contributed by atoms with E-state index >= 15 is 0 Å². The van der Waals surface area contributed by atoms with E-state index < -0.39 is 0 Å². The molecule has 0 N–H and O–H groups in total. The maximum Gasteiger partial charge on any atom is 0.162 e. The van der Waals surface area contributed by atoms with Gasteiger partial charge in [-0.25, -0.2) is 4.98 Å². The normalized spacial score (nSPS) is 10.8. The molecule has 0 amide bonds. The molecule has 0 unspecified atom stereocenters. The van der Waals surface area contributed by atoms with Crippen LogP contribution in [0.1, 0.15) is 5.69 Å². The number of hydrogen-bond donors (Lipinski definition) is 0. The third-order valence-corrected chi connectivity index (χ3v) is 4.76. The highest BCUT2D eigenvalue weighted by atomic mass is 35.5. The summed E-state index contributed by atoms with van der Waals surface area (Å²) in [5, 5.41) is 1.45. The van der Waals surface area contributed by atoms with E-state index in [1.165, 1.54) is 0 Å². The van der Waals surface area contributed by atoms with Crippen molar-refractivity contribution in [2.24, 2.45) is 0 Å². The molecule has 4 rings (SSSR count). The van der Waals surface area contributed by atoms with Gasteiger partial charge in [-0.05, 0) is 43.3 Å². The van der Waals surface area contributed by atoms with Gasteiger partial charge in [-0.2, -0.15) is 0 Å². The number of aryl methyl sites for hydroxylation is 1. The Morgan fingerprint density at radius 2 is 1.62 bits per heavy atom. The second-order valence-corrected chi connectivity index (χ2v) is 6.88. The summed E-state index contributed by atoms with van der Waals surface area (Å²) in [5.41, 5.74) is 3.23. The van der Waals surface area contributed by atoms with Crippen molar-refractivity contribution in [2.45, 2.75) is 6.92 Å². The van der Waals surface area contributed by atoms with E-state index in [2.05, 4.69) is 9.97 Å². The Labute approximate surface area is 173 Å². The summed E-state index contributed by atoms with van der Waals surface area (Å²) < 4.78 is 17.1. The Hall–Kier alpha value is -3.31. The van der Waals surface area contributed by atoms with Gasteiger partial charge >= 0.3 is 0 Å². The molecule has 0 bridgehead atoms. The van der Waals surface area contributed by atoms with E-state index in [9.17, 15) is 0 Å². The fourth-order valence-corrected chi connectivity index (χ4v) is 3.31. The molecule has 2 aromatic heterocycles. The number of halogens is 1. The number of nitrogens with zero attached hydrogens (tertiary/aromatic N) is 2. The van der Waals surface area contributed by atoms with Crippen LogP contribution in [0.5, 0.6) is 23.0 Å². The molecule has 5 nitrogen and oxygen atoms in total. The van der Waals surface area contributed by atoms with Gasteiger partial charge < -0.3 is 14.2 Å². The first-order valence-corrected chi connectivity index (χ1v) is 9.39. The van der Waals surface area contributed by atoms with Crippen LogP contribution in [0, 0.1) is 6.92 Å². The topological polar surface area (TPSA) is 53.5 Å². The second kappa shape index (κ2) is 7.97. The minimum atomic E-state index is 0.606. The first-order chi connectivity index (χ1) is 14.1. The highest BCUT2D eigenvalue weighted by Gasteiger charge is 2.14. The number of hydrogen-bond acceptors (Lipinski definition) is 5. The maximum absolute atomic E-state index is 6.30. The van der Waals surface area contributed by atoms with Crippen LogP contribution in [0.3, 0.4) is 0 Å². The Morgan fingerprint density at radius 3 is 2.38 bits per heavy atom. The van der Waals surface area contributed by atoms with Crippen LogP contribution in [0.4, 0.5) is 0 Å². The van der Waals surface area contributed by atoms with Crippen LogP contribution in [0.25, 0.3) is 22.2 Å². The number of ether oxygens (including phenoxy) is 3. The Kier molecular flexibility index (Phi) is 5.23. The van der Waals surface area contributed by atoms with Crippen molar-refractivity contribution in [2.75, 3.05) is 14.2 Å². The summed E-state index contributed by atoms with van der Waals surface area (Å²) in [6.07, 6.45) is 1.70. The minimum Gasteiger partial charge on any atom is -0.493 e. The number of fused-ring (bicyclic) bond motifs is 1. The molecule has 0 saturated heterocycles. The Bertz CT molecular complexity index is 1190. The van der Waals surface area contributed by atoms with Crippen LogP contribution in [0.15, 0.2) is 60.8 Å². The van der Waals surface area contributed by atoms with E-state index in [0.29, 0.717) is 28.0 Å². The first-order valence-electron chi connectivity index (χ1n) is 9.01. The smallest absolute Gasteiger partial charge is 0.162 e. The summed E-state index contributed by atoms with van der Waals surface area (Å²) in [7, 11) is 3.20. The van der Waals surface area contributed by atoms with Crippen LogP contribution in [-0.2, 0) is 0 Å². The van der Waals surface area contributed by atoms with Crippen molar-refractivity contribution in [3.05, 3.63) is 71.5 Å². The zero-order valence-electron chi connectivity index (χ0n) is 16.3. The standard InChI is InChI=1S/C23H19ClN2O3/c1-14-7-8-20(23(26-14)15-5-4-6-16(24)11-15)29-19-9-10-25-18-13-22(28-3)21(27-2)12-17(18)19/h4-13H,1-3H3. The van der Waals surface area contributed by atoms with Crippen molar-refractivity contribution < 1.29 is 14.2 Å². The maximum atomic E-state index is 6.30. The fourth-order valence-electron chi connectivity index (χ4n) is 3.12. The third kappa shape index (κ3) is 3.82. The largest absolute Gasteiger partial charge is 0.493 e. The molecular weight excluding hydrogens is 388 g/mol. The van der Waals surface area contributed by atoms with Crippen molar-refractivity contribution in [1.82, 2.24) is 9.97 Å². The molecule has 0 spiro atoms. The predicted molar refractivity (Wildman–Crippen MR) is 114 cm³/mol. The molecule has 0 atom stereocenters. The van der Waals surface area contributed by atoms with Crippen molar-refractivity contribution >= 4 is 22.5 Å². The lowest BCUT2D eigenvalue weighted by molar-refractivity contribution is 0.355. The van der Waals surface area contributed by atoms with E-state index in [1.807, 2.05) is 61.5 Å². The zero-order valence-corrected chi connectivity index (χ0v) is 17.0. The summed E-state index contributed by atoms with van der Waals surface area (Å²) in [4.78, 5) is 9.10. The lowest BCUT2D eigenvalue weighted by Crippen LogP contribution is -1.96. The average molecular weight is 407 g/mol. The minimum absolute atomic E-state index is 0.606. The third-order valence-electron chi connectivity index (χ3n) is 4.52. The van der Waals surface area contributed by atoms with Gasteiger partial charge in [0, 0.05) is 33.9 Å². The zero-order chi connectivity index (χ0) is 20.4. The summed E-state index contributed by atoms with van der Waals surface area (Å²) in [6, 6.07) is 16.9. The average Bonchev–Trinajstić information content (AvgIpc) is 2.74. The number of pyridine rings is 2. The first kappa shape index (κ1) is 19.0. The molecule has 0 radical (unpaired) electrons. The van der Waals surface area contributed by atoms with Crippen molar-refractivity contribution in [3.63, 3.8) is 0 Å². The van der Waals surface area contributed by atoms with Crippen LogP contribution < -0.4 is 14.2 Å². The predicted octanol–water partition coefficient (Wildman–Crippen LogP) is 6.07. The number of rotatable bonds is 5. The fraction of sp³-hybridized carbons (Fsp3) is 0.130. The van der Waals surface area contributed by atoms with Gasteiger partial charge in [0.05, 0.1) is 19.7 Å². The van der Waals surface area contributed by atoms with Gasteiger partial charge in [0.2, 0.25) is 0 Å². The van der Waals surface area contributed by atoms with Gasteiger partial charge in [-0.15, -0.1) is 0 Å². The molecule has 2 heterocycles. The molecule has 6 heteroatoms. The van der Waals surface area contributed by atoms with Crippen LogP contribution >= 0.6 is 11.6 Å². The highest BCUT2D eigenvalue weighted by molar-refractivity contribution is 6.30. The Balaban J connectivity index is 1.84. The number of methoxy groups -OCH3 is 2. The van der Waals surface area contributed by atoms with E-state index in [0.717, 1.165) is 27.9 Å². The number of aromatic nitrogens is 2. The quantitative estimate of drug-likeness (QED) is 0.402. The molecule has 2 aromatic carbocycles. The Morgan fingerprint density at radius 1 is 0.828 bits per heavy atom. The molecule has 0 aliphatic heterocycles. The molecule has 146 valence electrons. The summed E-state index contributed by atoms with van der Waals surface area (Å²) >= 11 is 6.18. The molecule has 0 fully saturated rings. The SMILES string of the molecule is COc1cc2nccc(Oc3ccc(C)nc3-c3cccc(Cl)c3)c2cc1OC. The van der Waals surface area contributed by atoms with E-state index in [4.69, 9.17) is 25.8 Å². The van der Waals surface area contributed by atoms with Gasteiger partial charge in [-0.1, -0.05) is 23.7 Å². The summed E-state index contributed by atoms with van der Waals surface area (Å²) in [6.45, 7) is 1.94. The van der Waals surface area contributed by atoms with Crippen LogP contribution in [-0.4, -0.2) is 24.2 Å². The molecule has 0 aliphatic rings. The lowest BCUT2D eigenvalue weighted by atomic mass is 10.1.